The molecule has 1 saturated carbocycles. The molecule has 0 radical (unpaired) electrons. The number of aliphatic imine (C=N–C) groups is 1. The van der Waals surface area contributed by atoms with Gasteiger partial charge in [0, 0.05) is 32.6 Å². The topological polar surface area (TPSA) is 56.7 Å². The standard InChI is InChI=1S/C20H31FN4O/c1-3-22-20(25(2)15-16-9-11-18(21)12-10-16)24-14-13-23-19(26)17-7-5-4-6-8-17/h9-12,17H,3-8,13-15H2,1-2H3,(H,22,24)(H,23,26). The SMILES string of the molecule is CCNC(=NCCNC(=O)C1CCCCC1)N(C)Cc1ccc(F)cc1. The summed E-state index contributed by atoms with van der Waals surface area (Å²) in [7, 11) is 1.95. The normalized spacial score (nSPS) is 15.6. The highest BCUT2D eigenvalue weighted by Crippen LogP contribution is 2.23. The molecule has 1 fully saturated rings. The van der Waals surface area contributed by atoms with Crippen LogP contribution in [0.3, 0.4) is 0 Å². The lowest BCUT2D eigenvalue weighted by Gasteiger charge is -2.22. The fourth-order valence-corrected chi connectivity index (χ4v) is 3.26. The van der Waals surface area contributed by atoms with Crippen molar-refractivity contribution < 1.29 is 9.18 Å². The van der Waals surface area contributed by atoms with Crippen LogP contribution in [0.4, 0.5) is 4.39 Å². The van der Waals surface area contributed by atoms with Gasteiger partial charge in [0.2, 0.25) is 5.91 Å². The number of rotatable bonds is 7. The van der Waals surface area contributed by atoms with Gasteiger partial charge in [-0.15, -0.1) is 0 Å². The van der Waals surface area contributed by atoms with Crippen molar-refractivity contribution in [1.82, 2.24) is 15.5 Å². The van der Waals surface area contributed by atoms with E-state index in [2.05, 4.69) is 15.6 Å². The van der Waals surface area contributed by atoms with Crippen molar-refractivity contribution in [2.24, 2.45) is 10.9 Å². The van der Waals surface area contributed by atoms with Crippen molar-refractivity contribution in [1.29, 1.82) is 0 Å². The van der Waals surface area contributed by atoms with E-state index in [4.69, 9.17) is 0 Å². The predicted molar refractivity (Wildman–Crippen MR) is 103 cm³/mol. The van der Waals surface area contributed by atoms with Crippen LogP contribution in [0.1, 0.15) is 44.6 Å². The van der Waals surface area contributed by atoms with E-state index < -0.39 is 0 Å². The van der Waals surface area contributed by atoms with E-state index >= 15 is 0 Å². The first-order valence-electron chi connectivity index (χ1n) is 9.61. The van der Waals surface area contributed by atoms with Crippen LogP contribution in [0, 0.1) is 11.7 Å². The Bertz CT molecular complexity index is 582. The lowest BCUT2D eigenvalue weighted by atomic mass is 9.89. The Kier molecular flexibility index (Phi) is 8.38. The molecule has 0 aromatic heterocycles. The summed E-state index contributed by atoms with van der Waals surface area (Å²) in [5.74, 6) is 0.904. The molecule has 1 aromatic rings. The molecule has 1 aliphatic rings. The zero-order valence-electron chi connectivity index (χ0n) is 15.9. The molecule has 0 aliphatic heterocycles. The Morgan fingerprint density at radius 3 is 2.54 bits per heavy atom. The van der Waals surface area contributed by atoms with Gasteiger partial charge in [-0.1, -0.05) is 31.4 Å². The van der Waals surface area contributed by atoms with Gasteiger partial charge >= 0.3 is 0 Å². The fourth-order valence-electron chi connectivity index (χ4n) is 3.26. The number of carbonyl (C=O) groups is 1. The summed E-state index contributed by atoms with van der Waals surface area (Å²) in [6, 6.07) is 6.49. The summed E-state index contributed by atoms with van der Waals surface area (Å²) in [5.41, 5.74) is 1.02. The summed E-state index contributed by atoms with van der Waals surface area (Å²) in [6.07, 6.45) is 5.60. The second-order valence-electron chi connectivity index (χ2n) is 6.84. The first-order chi connectivity index (χ1) is 12.6. The van der Waals surface area contributed by atoms with Crippen molar-refractivity contribution in [2.75, 3.05) is 26.7 Å². The Morgan fingerprint density at radius 1 is 1.19 bits per heavy atom. The monoisotopic (exact) mass is 362 g/mol. The minimum absolute atomic E-state index is 0.171. The summed E-state index contributed by atoms with van der Waals surface area (Å²) in [5, 5.41) is 6.27. The number of halogens is 1. The third kappa shape index (κ3) is 6.65. The van der Waals surface area contributed by atoms with E-state index in [0.29, 0.717) is 19.6 Å². The minimum atomic E-state index is -0.231. The van der Waals surface area contributed by atoms with E-state index in [1.807, 2.05) is 18.9 Å². The van der Waals surface area contributed by atoms with Crippen molar-refractivity contribution in [3.05, 3.63) is 35.6 Å². The quantitative estimate of drug-likeness (QED) is 0.445. The second-order valence-corrected chi connectivity index (χ2v) is 6.84. The Morgan fingerprint density at radius 2 is 1.88 bits per heavy atom. The lowest BCUT2D eigenvalue weighted by molar-refractivity contribution is -0.125. The number of hydrogen-bond acceptors (Lipinski definition) is 2. The molecule has 6 heteroatoms. The Labute approximate surface area is 156 Å². The first kappa shape index (κ1) is 20.2. The maximum absolute atomic E-state index is 13.0. The van der Waals surface area contributed by atoms with Gasteiger partial charge in [-0.2, -0.15) is 0 Å². The van der Waals surface area contributed by atoms with Gasteiger partial charge < -0.3 is 15.5 Å². The molecule has 0 heterocycles. The van der Waals surface area contributed by atoms with Gasteiger partial charge in [0.25, 0.3) is 0 Å². The van der Waals surface area contributed by atoms with Crippen molar-refractivity contribution in [3.63, 3.8) is 0 Å². The average Bonchev–Trinajstić information content (AvgIpc) is 2.66. The molecular formula is C20H31FN4O. The highest BCUT2D eigenvalue weighted by molar-refractivity contribution is 5.80. The molecule has 2 N–H and O–H groups in total. The van der Waals surface area contributed by atoms with Crippen LogP contribution in [-0.4, -0.2) is 43.4 Å². The molecule has 0 spiro atoms. The minimum Gasteiger partial charge on any atom is -0.357 e. The van der Waals surface area contributed by atoms with Crippen molar-refractivity contribution in [3.8, 4) is 0 Å². The number of amides is 1. The molecule has 1 amide bonds. The van der Waals surface area contributed by atoms with Crippen LogP contribution >= 0.6 is 0 Å². The lowest BCUT2D eigenvalue weighted by Crippen LogP contribution is -2.39. The number of nitrogens with one attached hydrogen (secondary N) is 2. The van der Waals surface area contributed by atoms with Gasteiger partial charge in [-0.25, -0.2) is 4.39 Å². The number of guanidine groups is 1. The van der Waals surface area contributed by atoms with Crippen molar-refractivity contribution >= 4 is 11.9 Å². The van der Waals surface area contributed by atoms with Crippen LogP contribution in [0.25, 0.3) is 0 Å². The zero-order valence-corrected chi connectivity index (χ0v) is 15.9. The molecule has 1 aromatic carbocycles. The molecule has 1 aliphatic carbocycles. The van der Waals surface area contributed by atoms with Crippen LogP contribution < -0.4 is 10.6 Å². The largest absolute Gasteiger partial charge is 0.357 e. The van der Waals surface area contributed by atoms with Gasteiger partial charge in [0.05, 0.1) is 6.54 Å². The molecule has 0 unspecified atom stereocenters. The molecule has 0 saturated heterocycles. The number of nitrogens with zero attached hydrogens (tertiary/aromatic N) is 2. The van der Waals surface area contributed by atoms with E-state index in [1.54, 1.807) is 12.1 Å². The first-order valence-corrected chi connectivity index (χ1v) is 9.61. The maximum atomic E-state index is 13.0. The summed E-state index contributed by atoms with van der Waals surface area (Å²) < 4.78 is 13.0. The smallest absolute Gasteiger partial charge is 0.223 e. The van der Waals surface area contributed by atoms with Crippen LogP contribution in [0.15, 0.2) is 29.3 Å². The van der Waals surface area contributed by atoms with Gasteiger partial charge in [0.1, 0.15) is 5.82 Å². The van der Waals surface area contributed by atoms with Gasteiger partial charge in [0.15, 0.2) is 5.96 Å². The number of benzene rings is 1. The van der Waals surface area contributed by atoms with Crippen LogP contribution in [0.2, 0.25) is 0 Å². The third-order valence-electron chi connectivity index (χ3n) is 4.68. The molecule has 144 valence electrons. The second kappa shape index (κ2) is 10.8. The molecule has 5 nitrogen and oxygen atoms in total. The molecule has 0 bridgehead atoms. The average molecular weight is 362 g/mol. The van der Waals surface area contributed by atoms with E-state index in [0.717, 1.165) is 43.8 Å². The van der Waals surface area contributed by atoms with E-state index in [9.17, 15) is 9.18 Å². The summed E-state index contributed by atoms with van der Waals surface area (Å²) >= 11 is 0. The predicted octanol–water partition coefficient (Wildman–Crippen LogP) is 2.92. The number of hydrogen-bond donors (Lipinski definition) is 2. The molecule has 0 atom stereocenters. The Balaban J connectivity index is 1.80. The van der Waals surface area contributed by atoms with Gasteiger partial charge in [-0.05, 0) is 37.5 Å². The highest BCUT2D eigenvalue weighted by Gasteiger charge is 2.20. The molecule has 26 heavy (non-hydrogen) atoms. The van der Waals surface area contributed by atoms with Gasteiger partial charge in [-0.3, -0.25) is 9.79 Å². The maximum Gasteiger partial charge on any atom is 0.223 e. The third-order valence-corrected chi connectivity index (χ3v) is 4.68. The fraction of sp³-hybridized carbons (Fsp3) is 0.600. The van der Waals surface area contributed by atoms with Crippen LogP contribution in [0.5, 0.6) is 0 Å². The zero-order chi connectivity index (χ0) is 18.8. The molecular weight excluding hydrogens is 331 g/mol. The summed E-state index contributed by atoms with van der Waals surface area (Å²) in [6.45, 7) is 4.51. The van der Waals surface area contributed by atoms with Crippen LogP contribution in [-0.2, 0) is 11.3 Å². The molecule has 2 rings (SSSR count). The Hall–Kier alpha value is -2.11. The van der Waals surface area contributed by atoms with E-state index in [-0.39, 0.29) is 17.6 Å². The van der Waals surface area contributed by atoms with Crippen molar-refractivity contribution in [2.45, 2.75) is 45.6 Å². The van der Waals surface area contributed by atoms with E-state index in [1.165, 1.54) is 18.6 Å². The summed E-state index contributed by atoms with van der Waals surface area (Å²) in [4.78, 5) is 18.7. The number of carbonyl (C=O) groups excluding carboxylic acids is 1. The highest BCUT2D eigenvalue weighted by atomic mass is 19.1.